The predicted molar refractivity (Wildman–Crippen MR) is 74.1 cm³/mol. The summed E-state index contributed by atoms with van der Waals surface area (Å²) in [6.45, 7) is 1.79. The quantitative estimate of drug-likeness (QED) is 0.847. The molecule has 3 nitrogen and oxygen atoms in total. The third-order valence-corrected chi connectivity index (χ3v) is 4.34. The molecular formula is C16H19FN2O. The molecule has 0 spiro atoms. The molecule has 1 fully saturated rings. The van der Waals surface area contributed by atoms with E-state index in [1.165, 1.54) is 11.0 Å². The van der Waals surface area contributed by atoms with Crippen LogP contribution in [0.5, 0.6) is 0 Å². The van der Waals surface area contributed by atoms with E-state index in [0.29, 0.717) is 18.4 Å². The van der Waals surface area contributed by atoms with Crippen LogP contribution in [0.2, 0.25) is 0 Å². The van der Waals surface area contributed by atoms with Crippen molar-refractivity contribution in [2.24, 2.45) is 5.41 Å². The maximum atomic E-state index is 13.8. The first-order valence-corrected chi connectivity index (χ1v) is 6.95. The van der Waals surface area contributed by atoms with Crippen molar-refractivity contribution in [2.75, 3.05) is 7.05 Å². The summed E-state index contributed by atoms with van der Waals surface area (Å²) < 4.78 is 13.8. The Morgan fingerprint density at radius 3 is 2.55 bits per heavy atom. The van der Waals surface area contributed by atoms with Crippen molar-refractivity contribution in [3.8, 4) is 6.07 Å². The average molecular weight is 274 g/mol. The van der Waals surface area contributed by atoms with Crippen LogP contribution in [0, 0.1) is 22.6 Å². The van der Waals surface area contributed by atoms with Crippen molar-refractivity contribution >= 4 is 5.91 Å². The minimum atomic E-state index is -0.908. The lowest BCUT2D eigenvalue weighted by Crippen LogP contribution is -2.41. The number of hydrogen-bond acceptors (Lipinski definition) is 2. The molecule has 0 N–H and O–H groups in total. The molecule has 4 heteroatoms. The molecule has 2 rings (SSSR count). The molecule has 106 valence electrons. The highest BCUT2D eigenvalue weighted by Gasteiger charge is 2.44. The molecule has 1 aromatic rings. The zero-order chi connectivity index (χ0) is 14.8. The van der Waals surface area contributed by atoms with Crippen molar-refractivity contribution < 1.29 is 9.18 Å². The Morgan fingerprint density at radius 1 is 1.40 bits per heavy atom. The van der Waals surface area contributed by atoms with Gasteiger partial charge >= 0.3 is 0 Å². The van der Waals surface area contributed by atoms with Gasteiger partial charge in [-0.15, -0.1) is 0 Å². The van der Waals surface area contributed by atoms with Crippen LogP contribution in [-0.2, 0) is 4.79 Å². The maximum Gasteiger partial charge on any atom is 0.243 e. The minimum absolute atomic E-state index is 0.187. The summed E-state index contributed by atoms with van der Waals surface area (Å²) in [6.07, 6.45) is 3.02. The Balaban J connectivity index is 2.23. The van der Waals surface area contributed by atoms with E-state index in [2.05, 4.69) is 6.07 Å². The SMILES string of the molecule is CC(c1ccccc1F)N(C)C(=O)C1(C#N)CCCC1. The number of carbonyl (C=O) groups excluding carboxylic acids is 1. The molecule has 1 unspecified atom stereocenters. The van der Waals surface area contributed by atoms with E-state index in [1.807, 2.05) is 0 Å². The summed E-state index contributed by atoms with van der Waals surface area (Å²) in [7, 11) is 1.65. The Hall–Kier alpha value is -1.89. The van der Waals surface area contributed by atoms with Gasteiger partial charge in [-0.1, -0.05) is 31.0 Å². The van der Waals surface area contributed by atoms with Crippen LogP contribution < -0.4 is 0 Å². The van der Waals surface area contributed by atoms with Gasteiger partial charge in [0.15, 0.2) is 0 Å². The summed E-state index contributed by atoms with van der Waals surface area (Å²) in [5.74, 6) is -0.509. The van der Waals surface area contributed by atoms with Gasteiger partial charge in [-0.25, -0.2) is 4.39 Å². The highest BCUT2D eigenvalue weighted by atomic mass is 19.1. The van der Waals surface area contributed by atoms with Crippen LogP contribution in [0.4, 0.5) is 4.39 Å². The van der Waals surface area contributed by atoms with E-state index < -0.39 is 5.41 Å². The Kier molecular flexibility index (Phi) is 4.08. The molecule has 0 aliphatic heterocycles. The smallest absolute Gasteiger partial charge is 0.243 e. The zero-order valence-corrected chi connectivity index (χ0v) is 11.9. The van der Waals surface area contributed by atoms with Gasteiger partial charge < -0.3 is 4.90 Å². The van der Waals surface area contributed by atoms with E-state index in [9.17, 15) is 14.4 Å². The number of carbonyl (C=O) groups is 1. The fraction of sp³-hybridized carbons (Fsp3) is 0.500. The van der Waals surface area contributed by atoms with Crippen molar-refractivity contribution in [3.63, 3.8) is 0 Å². The first kappa shape index (κ1) is 14.5. The van der Waals surface area contributed by atoms with Crippen LogP contribution in [-0.4, -0.2) is 17.9 Å². The number of benzene rings is 1. The monoisotopic (exact) mass is 274 g/mol. The van der Waals surface area contributed by atoms with E-state index in [0.717, 1.165) is 12.8 Å². The first-order valence-electron chi connectivity index (χ1n) is 6.95. The largest absolute Gasteiger partial charge is 0.338 e. The Morgan fingerprint density at radius 2 is 2.00 bits per heavy atom. The summed E-state index contributed by atoms with van der Waals surface area (Å²) in [4.78, 5) is 14.1. The number of halogens is 1. The van der Waals surface area contributed by atoms with Gasteiger partial charge in [-0.3, -0.25) is 4.79 Å². The second-order valence-corrected chi connectivity index (χ2v) is 5.51. The molecule has 1 saturated carbocycles. The van der Waals surface area contributed by atoms with Gasteiger partial charge in [-0.2, -0.15) is 5.26 Å². The molecule has 0 bridgehead atoms. The molecule has 0 radical (unpaired) electrons. The number of nitriles is 1. The van der Waals surface area contributed by atoms with Gasteiger partial charge in [0, 0.05) is 12.6 Å². The van der Waals surface area contributed by atoms with Crippen LogP contribution in [0.3, 0.4) is 0 Å². The van der Waals surface area contributed by atoms with Crippen LogP contribution in [0.1, 0.15) is 44.2 Å². The topological polar surface area (TPSA) is 44.1 Å². The second kappa shape index (κ2) is 5.62. The lowest BCUT2D eigenvalue weighted by Gasteiger charge is -2.31. The van der Waals surface area contributed by atoms with Crippen LogP contribution in [0.25, 0.3) is 0 Å². The molecule has 1 aliphatic carbocycles. The number of amides is 1. The predicted octanol–water partition coefficient (Wildman–Crippen LogP) is 3.43. The third kappa shape index (κ3) is 2.40. The summed E-state index contributed by atoms with van der Waals surface area (Å²) in [6, 6.07) is 8.26. The third-order valence-electron chi connectivity index (χ3n) is 4.34. The van der Waals surface area contributed by atoms with E-state index in [1.54, 1.807) is 32.2 Å². The lowest BCUT2D eigenvalue weighted by molar-refractivity contribution is -0.139. The average Bonchev–Trinajstić information content (AvgIpc) is 2.95. The van der Waals surface area contributed by atoms with Crippen LogP contribution >= 0.6 is 0 Å². The van der Waals surface area contributed by atoms with Gasteiger partial charge in [0.2, 0.25) is 5.91 Å². The molecule has 1 atom stereocenters. The highest BCUT2D eigenvalue weighted by Crippen LogP contribution is 2.40. The standard InChI is InChI=1S/C16H19FN2O/c1-12(13-7-3-4-8-14(13)17)19(2)15(20)16(11-18)9-5-6-10-16/h3-4,7-8,12H,5-6,9-10H2,1-2H3. The molecule has 1 amide bonds. The maximum absolute atomic E-state index is 13.8. The molecule has 20 heavy (non-hydrogen) atoms. The van der Waals surface area contributed by atoms with Gasteiger partial charge in [0.1, 0.15) is 11.2 Å². The molecule has 1 aliphatic rings. The van der Waals surface area contributed by atoms with Crippen molar-refractivity contribution in [1.82, 2.24) is 4.90 Å². The number of rotatable bonds is 3. The van der Waals surface area contributed by atoms with Crippen molar-refractivity contribution in [2.45, 2.75) is 38.6 Å². The lowest BCUT2D eigenvalue weighted by atomic mass is 9.86. The van der Waals surface area contributed by atoms with Gasteiger partial charge in [-0.05, 0) is 25.8 Å². The van der Waals surface area contributed by atoms with E-state index in [-0.39, 0.29) is 17.8 Å². The molecular weight excluding hydrogens is 255 g/mol. The normalized spacial score (nSPS) is 18.3. The minimum Gasteiger partial charge on any atom is -0.338 e. The fourth-order valence-corrected chi connectivity index (χ4v) is 2.89. The Labute approximate surface area is 119 Å². The number of hydrogen-bond donors (Lipinski definition) is 0. The fourth-order valence-electron chi connectivity index (χ4n) is 2.89. The van der Waals surface area contributed by atoms with Gasteiger partial charge in [0.05, 0.1) is 12.1 Å². The highest BCUT2D eigenvalue weighted by molar-refractivity contribution is 5.86. The summed E-state index contributed by atoms with van der Waals surface area (Å²) in [5.41, 5.74) is -0.428. The molecule has 1 aromatic carbocycles. The summed E-state index contributed by atoms with van der Waals surface area (Å²) in [5, 5.41) is 9.37. The second-order valence-electron chi connectivity index (χ2n) is 5.51. The molecule has 0 heterocycles. The van der Waals surface area contributed by atoms with Crippen molar-refractivity contribution in [3.05, 3.63) is 35.6 Å². The number of nitrogens with zero attached hydrogens (tertiary/aromatic N) is 2. The zero-order valence-electron chi connectivity index (χ0n) is 11.9. The Bertz CT molecular complexity index is 544. The van der Waals surface area contributed by atoms with Crippen molar-refractivity contribution in [1.29, 1.82) is 5.26 Å². The van der Waals surface area contributed by atoms with Crippen LogP contribution in [0.15, 0.2) is 24.3 Å². The first-order chi connectivity index (χ1) is 9.52. The molecule has 0 aromatic heterocycles. The summed E-state index contributed by atoms with van der Waals surface area (Å²) >= 11 is 0. The van der Waals surface area contributed by atoms with Gasteiger partial charge in [0.25, 0.3) is 0 Å². The van der Waals surface area contributed by atoms with E-state index in [4.69, 9.17) is 0 Å². The molecule has 0 saturated heterocycles. The van der Waals surface area contributed by atoms with E-state index >= 15 is 0 Å².